The largest absolute Gasteiger partial charge is 0.542 e. The van der Waals surface area contributed by atoms with Crippen molar-refractivity contribution in [3.05, 3.63) is 27.7 Å². The van der Waals surface area contributed by atoms with Crippen LogP contribution in [0.15, 0.2) is 22.7 Å². The van der Waals surface area contributed by atoms with Crippen LogP contribution in [0.5, 0.6) is 5.75 Å². The normalized spacial score (nSPS) is 12.6. The van der Waals surface area contributed by atoms with E-state index in [0.29, 0.717) is 21.6 Å². The van der Waals surface area contributed by atoms with Gasteiger partial charge in [0.25, 0.3) is 8.32 Å². The van der Waals surface area contributed by atoms with E-state index in [2.05, 4.69) is 57.5 Å². The van der Waals surface area contributed by atoms with Crippen molar-refractivity contribution in [2.45, 2.75) is 58.2 Å². The Kier molecular flexibility index (Phi) is 5.96. The summed E-state index contributed by atoms with van der Waals surface area (Å²) in [6, 6.07) is 5.82. The minimum absolute atomic E-state index is 0.544. The monoisotopic (exact) mass is 362 g/mol. The molecular formula is C15H24BrClOSi. The summed E-state index contributed by atoms with van der Waals surface area (Å²) in [7, 11) is -1.93. The predicted molar refractivity (Wildman–Crippen MR) is 90.8 cm³/mol. The molecule has 1 aromatic carbocycles. The highest BCUT2D eigenvalue weighted by atomic mass is 79.9. The van der Waals surface area contributed by atoms with Gasteiger partial charge in [0.1, 0.15) is 5.75 Å². The van der Waals surface area contributed by atoms with E-state index in [1.54, 1.807) is 0 Å². The van der Waals surface area contributed by atoms with Gasteiger partial charge in [0.05, 0.1) is 5.02 Å². The van der Waals surface area contributed by atoms with Crippen LogP contribution in [0.1, 0.15) is 41.5 Å². The molecule has 0 spiro atoms. The summed E-state index contributed by atoms with van der Waals surface area (Å²) in [6.07, 6.45) is 0. The summed E-state index contributed by atoms with van der Waals surface area (Å²) >= 11 is 9.78. The lowest BCUT2D eigenvalue weighted by molar-refractivity contribution is 0.480. The molecule has 19 heavy (non-hydrogen) atoms. The maximum Gasteiger partial charge on any atom is 0.258 e. The lowest BCUT2D eigenvalue weighted by atomic mass is 10.3. The zero-order valence-corrected chi connectivity index (χ0v) is 16.0. The SMILES string of the molecule is CC(C)[Si](Oc1cc(Br)ccc1Cl)(C(C)C)C(C)C. The fourth-order valence-corrected chi connectivity index (χ4v) is 8.92. The van der Waals surface area contributed by atoms with Gasteiger partial charge in [-0.15, -0.1) is 0 Å². The molecule has 0 N–H and O–H groups in total. The van der Waals surface area contributed by atoms with E-state index >= 15 is 0 Å². The Morgan fingerprint density at radius 3 is 1.89 bits per heavy atom. The van der Waals surface area contributed by atoms with Crippen molar-refractivity contribution in [1.29, 1.82) is 0 Å². The maximum absolute atomic E-state index is 6.57. The van der Waals surface area contributed by atoms with Crippen molar-refractivity contribution in [3.63, 3.8) is 0 Å². The average Bonchev–Trinajstić information content (AvgIpc) is 2.28. The molecule has 0 aromatic heterocycles. The molecule has 0 unspecified atom stereocenters. The second kappa shape index (κ2) is 6.64. The van der Waals surface area contributed by atoms with Crippen LogP contribution in [-0.2, 0) is 0 Å². The molecular weight excluding hydrogens is 340 g/mol. The molecule has 0 saturated heterocycles. The summed E-state index contributed by atoms with van der Waals surface area (Å²) in [5, 5.41) is 0.696. The Labute approximate surface area is 132 Å². The molecule has 0 radical (unpaired) electrons. The fraction of sp³-hybridized carbons (Fsp3) is 0.600. The quantitative estimate of drug-likeness (QED) is 0.532. The second-order valence-corrected chi connectivity index (χ2v) is 12.7. The summed E-state index contributed by atoms with van der Waals surface area (Å²) in [5.74, 6) is 0.818. The van der Waals surface area contributed by atoms with Crippen molar-refractivity contribution in [2.75, 3.05) is 0 Å². The first-order chi connectivity index (χ1) is 8.71. The first-order valence-corrected chi connectivity index (χ1v) is 10.2. The Balaban J connectivity index is 3.24. The lowest BCUT2D eigenvalue weighted by Crippen LogP contribution is -2.50. The minimum Gasteiger partial charge on any atom is -0.542 e. The van der Waals surface area contributed by atoms with E-state index in [1.165, 1.54) is 0 Å². The van der Waals surface area contributed by atoms with Crippen molar-refractivity contribution in [2.24, 2.45) is 0 Å². The third-order valence-electron chi connectivity index (χ3n) is 3.89. The number of benzene rings is 1. The highest BCUT2D eigenvalue weighted by molar-refractivity contribution is 9.10. The topological polar surface area (TPSA) is 9.23 Å². The van der Waals surface area contributed by atoms with Gasteiger partial charge in [-0.25, -0.2) is 0 Å². The van der Waals surface area contributed by atoms with E-state index in [9.17, 15) is 0 Å². The zero-order valence-electron chi connectivity index (χ0n) is 12.6. The average molecular weight is 364 g/mol. The first-order valence-electron chi connectivity index (χ1n) is 6.85. The van der Waals surface area contributed by atoms with Crippen LogP contribution in [0.3, 0.4) is 0 Å². The number of hydrogen-bond acceptors (Lipinski definition) is 1. The van der Waals surface area contributed by atoms with Gasteiger partial charge < -0.3 is 4.43 Å². The summed E-state index contributed by atoms with van der Waals surface area (Å²) in [6.45, 7) is 13.7. The van der Waals surface area contributed by atoms with Crippen LogP contribution in [0.2, 0.25) is 21.6 Å². The van der Waals surface area contributed by atoms with Gasteiger partial charge in [0.2, 0.25) is 0 Å². The minimum atomic E-state index is -1.93. The van der Waals surface area contributed by atoms with Gasteiger partial charge >= 0.3 is 0 Å². The molecule has 1 rings (SSSR count). The van der Waals surface area contributed by atoms with Crippen molar-refractivity contribution < 1.29 is 4.43 Å². The molecule has 0 aliphatic carbocycles. The zero-order chi connectivity index (χ0) is 14.8. The van der Waals surface area contributed by atoms with Crippen molar-refractivity contribution in [1.82, 2.24) is 0 Å². The van der Waals surface area contributed by atoms with Crippen LogP contribution in [0.25, 0.3) is 0 Å². The number of rotatable bonds is 5. The summed E-state index contributed by atoms with van der Waals surface area (Å²) in [4.78, 5) is 0. The molecule has 0 fully saturated rings. The van der Waals surface area contributed by atoms with E-state index in [1.807, 2.05) is 18.2 Å². The molecule has 0 heterocycles. The first kappa shape index (κ1) is 17.1. The Hall–Kier alpha value is 0.00688. The fourth-order valence-electron chi connectivity index (χ4n) is 3.10. The third kappa shape index (κ3) is 3.56. The van der Waals surface area contributed by atoms with Crippen LogP contribution in [0.4, 0.5) is 0 Å². The van der Waals surface area contributed by atoms with Gasteiger partial charge in [0, 0.05) is 4.47 Å². The highest BCUT2D eigenvalue weighted by Crippen LogP contribution is 2.44. The molecule has 4 heteroatoms. The predicted octanol–water partition coefficient (Wildman–Crippen LogP) is 6.66. The van der Waals surface area contributed by atoms with Crippen molar-refractivity contribution >= 4 is 35.8 Å². The third-order valence-corrected chi connectivity index (χ3v) is 10.7. The van der Waals surface area contributed by atoms with Gasteiger partial charge in [-0.3, -0.25) is 0 Å². The standard InChI is InChI=1S/C15H24BrClOSi/c1-10(2)19(11(3)4,12(5)6)18-15-9-13(16)7-8-14(15)17/h7-12H,1-6H3. The van der Waals surface area contributed by atoms with E-state index in [0.717, 1.165) is 10.2 Å². The number of halogens is 2. The van der Waals surface area contributed by atoms with Crippen LogP contribution in [0, 0.1) is 0 Å². The van der Waals surface area contributed by atoms with Crippen LogP contribution < -0.4 is 4.43 Å². The molecule has 108 valence electrons. The summed E-state index contributed by atoms with van der Waals surface area (Å²) < 4.78 is 7.58. The molecule has 0 saturated carbocycles. The van der Waals surface area contributed by atoms with Gasteiger partial charge in [-0.1, -0.05) is 69.1 Å². The molecule has 1 nitrogen and oxygen atoms in total. The van der Waals surface area contributed by atoms with Crippen LogP contribution in [-0.4, -0.2) is 8.32 Å². The molecule has 1 aromatic rings. The molecule has 0 aliphatic rings. The Morgan fingerprint density at radius 2 is 1.47 bits per heavy atom. The van der Waals surface area contributed by atoms with Crippen molar-refractivity contribution in [3.8, 4) is 5.75 Å². The molecule has 0 bridgehead atoms. The number of hydrogen-bond donors (Lipinski definition) is 0. The van der Waals surface area contributed by atoms with Crippen LogP contribution >= 0.6 is 27.5 Å². The van der Waals surface area contributed by atoms with E-state index in [-0.39, 0.29) is 0 Å². The maximum atomic E-state index is 6.57. The molecule has 0 aliphatic heterocycles. The second-order valence-electron chi connectivity index (χ2n) is 5.99. The van der Waals surface area contributed by atoms with Gasteiger partial charge in [0.15, 0.2) is 0 Å². The van der Waals surface area contributed by atoms with E-state index < -0.39 is 8.32 Å². The molecule has 0 amide bonds. The highest BCUT2D eigenvalue weighted by Gasteiger charge is 2.47. The summed E-state index contributed by atoms with van der Waals surface area (Å²) in [5.41, 5.74) is 1.63. The van der Waals surface area contributed by atoms with Gasteiger partial charge in [-0.2, -0.15) is 0 Å². The van der Waals surface area contributed by atoms with E-state index in [4.69, 9.17) is 16.0 Å². The van der Waals surface area contributed by atoms with Gasteiger partial charge in [-0.05, 0) is 34.8 Å². The lowest BCUT2D eigenvalue weighted by Gasteiger charge is -2.42. The smallest absolute Gasteiger partial charge is 0.258 e. The molecule has 0 atom stereocenters. The Bertz CT molecular complexity index is 410. The Morgan fingerprint density at radius 1 is 1.00 bits per heavy atom.